The molecule has 2 unspecified atom stereocenters. The summed E-state index contributed by atoms with van der Waals surface area (Å²) in [4.78, 5) is 0. The van der Waals surface area contributed by atoms with Gasteiger partial charge >= 0.3 is 0 Å². The molecule has 120 valence electrons. The standard InChI is InChI=1S/C17H34O3/c1-7-9-12(3)13(4)10-15-16(11-14(18)8-2)20-17(5,6)19-15/h12-16,18H,7-11H2,1-6H3/t12?,13?,14-,15+,16+/m0/s1. The van der Waals surface area contributed by atoms with Gasteiger partial charge in [0.05, 0.1) is 18.3 Å². The van der Waals surface area contributed by atoms with Crippen molar-refractivity contribution in [3.05, 3.63) is 0 Å². The van der Waals surface area contributed by atoms with Crippen LogP contribution in [-0.2, 0) is 9.47 Å². The normalized spacial score (nSPS) is 30.1. The zero-order valence-electron chi connectivity index (χ0n) is 14.2. The highest BCUT2D eigenvalue weighted by atomic mass is 16.7. The van der Waals surface area contributed by atoms with Gasteiger partial charge in [0.25, 0.3) is 0 Å². The predicted octanol–water partition coefficient (Wildman–Crippen LogP) is 4.13. The van der Waals surface area contributed by atoms with Crippen molar-refractivity contribution in [2.45, 2.75) is 97.7 Å². The van der Waals surface area contributed by atoms with Crippen LogP contribution in [0.2, 0.25) is 0 Å². The van der Waals surface area contributed by atoms with E-state index < -0.39 is 5.79 Å². The third-order valence-electron chi connectivity index (χ3n) is 4.58. The molecule has 3 nitrogen and oxygen atoms in total. The van der Waals surface area contributed by atoms with Gasteiger partial charge in [-0.25, -0.2) is 0 Å². The molecule has 0 spiro atoms. The van der Waals surface area contributed by atoms with Crippen LogP contribution in [0.5, 0.6) is 0 Å². The minimum absolute atomic E-state index is 0.0243. The molecule has 0 radical (unpaired) electrons. The van der Waals surface area contributed by atoms with Crippen molar-refractivity contribution in [2.24, 2.45) is 11.8 Å². The van der Waals surface area contributed by atoms with Crippen LogP contribution in [0.3, 0.4) is 0 Å². The molecule has 0 aliphatic carbocycles. The zero-order valence-corrected chi connectivity index (χ0v) is 14.2. The maximum absolute atomic E-state index is 9.90. The quantitative estimate of drug-likeness (QED) is 0.729. The highest BCUT2D eigenvalue weighted by molar-refractivity contribution is 4.85. The molecule has 5 atom stereocenters. The first kappa shape index (κ1) is 17.9. The molecular formula is C17H34O3. The Morgan fingerprint density at radius 3 is 2.05 bits per heavy atom. The van der Waals surface area contributed by atoms with Crippen LogP contribution in [0, 0.1) is 11.8 Å². The lowest BCUT2D eigenvalue weighted by molar-refractivity contribution is -0.149. The third-order valence-corrected chi connectivity index (χ3v) is 4.58. The summed E-state index contributed by atoms with van der Waals surface area (Å²) >= 11 is 0. The van der Waals surface area contributed by atoms with Crippen molar-refractivity contribution in [2.75, 3.05) is 0 Å². The maximum atomic E-state index is 9.90. The summed E-state index contributed by atoms with van der Waals surface area (Å²) in [6.07, 6.45) is 4.82. The second-order valence-corrected chi connectivity index (χ2v) is 6.99. The Bertz CT molecular complexity index is 277. The highest BCUT2D eigenvalue weighted by Gasteiger charge is 2.42. The molecule has 0 aromatic rings. The van der Waals surface area contributed by atoms with Gasteiger partial charge in [0.15, 0.2) is 5.79 Å². The van der Waals surface area contributed by atoms with E-state index in [1.807, 2.05) is 20.8 Å². The van der Waals surface area contributed by atoms with E-state index in [0.29, 0.717) is 18.3 Å². The fraction of sp³-hybridized carbons (Fsp3) is 1.00. The Morgan fingerprint density at radius 2 is 1.55 bits per heavy atom. The fourth-order valence-corrected chi connectivity index (χ4v) is 3.08. The minimum atomic E-state index is -0.517. The number of hydrogen-bond donors (Lipinski definition) is 1. The van der Waals surface area contributed by atoms with Crippen LogP contribution < -0.4 is 0 Å². The molecule has 1 fully saturated rings. The van der Waals surface area contributed by atoms with Gasteiger partial charge < -0.3 is 14.6 Å². The summed E-state index contributed by atoms with van der Waals surface area (Å²) in [7, 11) is 0. The second-order valence-electron chi connectivity index (χ2n) is 6.99. The van der Waals surface area contributed by atoms with Gasteiger partial charge in [-0.15, -0.1) is 0 Å². The summed E-state index contributed by atoms with van der Waals surface area (Å²) in [5.74, 6) is 0.819. The molecule has 1 aliphatic heterocycles. The molecule has 1 rings (SSSR count). The molecule has 3 heteroatoms. The van der Waals surface area contributed by atoms with E-state index in [9.17, 15) is 5.11 Å². The summed E-state index contributed by atoms with van der Waals surface area (Å²) in [5, 5.41) is 9.90. The lowest BCUT2D eigenvalue weighted by atomic mass is 9.86. The summed E-state index contributed by atoms with van der Waals surface area (Å²) in [6.45, 7) is 12.8. The molecule has 1 heterocycles. The van der Waals surface area contributed by atoms with Gasteiger partial charge in [0, 0.05) is 6.42 Å². The molecule has 20 heavy (non-hydrogen) atoms. The molecule has 1 saturated heterocycles. The van der Waals surface area contributed by atoms with E-state index in [1.54, 1.807) is 0 Å². The molecule has 0 aromatic carbocycles. The Morgan fingerprint density at radius 1 is 1.00 bits per heavy atom. The van der Waals surface area contributed by atoms with Crippen LogP contribution in [-0.4, -0.2) is 29.2 Å². The highest BCUT2D eigenvalue weighted by Crippen LogP contribution is 2.35. The van der Waals surface area contributed by atoms with Gasteiger partial charge in [-0.05, 0) is 38.5 Å². The van der Waals surface area contributed by atoms with Crippen LogP contribution in [0.4, 0.5) is 0 Å². The van der Waals surface area contributed by atoms with E-state index in [1.165, 1.54) is 12.8 Å². The predicted molar refractivity (Wildman–Crippen MR) is 82.6 cm³/mol. The smallest absolute Gasteiger partial charge is 0.163 e. The van der Waals surface area contributed by atoms with Crippen molar-refractivity contribution in [1.29, 1.82) is 0 Å². The van der Waals surface area contributed by atoms with Gasteiger partial charge in [-0.2, -0.15) is 0 Å². The zero-order chi connectivity index (χ0) is 15.3. The Balaban J connectivity index is 2.59. The van der Waals surface area contributed by atoms with Crippen molar-refractivity contribution in [3.63, 3.8) is 0 Å². The van der Waals surface area contributed by atoms with Gasteiger partial charge in [0.2, 0.25) is 0 Å². The van der Waals surface area contributed by atoms with Crippen LogP contribution in [0.15, 0.2) is 0 Å². The van der Waals surface area contributed by atoms with Crippen LogP contribution >= 0.6 is 0 Å². The minimum Gasteiger partial charge on any atom is -0.393 e. The monoisotopic (exact) mass is 286 g/mol. The number of rotatable bonds is 8. The van der Waals surface area contributed by atoms with E-state index >= 15 is 0 Å². The average molecular weight is 286 g/mol. The SMILES string of the molecule is CCCC(C)C(C)C[C@H]1OC(C)(C)O[C@@H]1C[C@@H](O)CC. The van der Waals surface area contributed by atoms with Crippen LogP contribution in [0.25, 0.3) is 0 Å². The van der Waals surface area contributed by atoms with E-state index in [4.69, 9.17) is 9.47 Å². The average Bonchev–Trinajstić information content (AvgIpc) is 2.63. The van der Waals surface area contributed by atoms with Gasteiger partial charge in [0.1, 0.15) is 0 Å². The van der Waals surface area contributed by atoms with E-state index in [0.717, 1.165) is 12.8 Å². The number of ether oxygens (including phenoxy) is 2. The number of aliphatic hydroxyl groups is 1. The van der Waals surface area contributed by atoms with Crippen molar-refractivity contribution < 1.29 is 14.6 Å². The first-order chi connectivity index (χ1) is 9.29. The number of hydrogen-bond acceptors (Lipinski definition) is 3. The summed E-state index contributed by atoms with van der Waals surface area (Å²) in [6, 6.07) is 0. The van der Waals surface area contributed by atoms with Crippen molar-refractivity contribution in [1.82, 2.24) is 0 Å². The fourth-order valence-electron chi connectivity index (χ4n) is 3.08. The van der Waals surface area contributed by atoms with Crippen molar-refractivity contribution >= 4 is 0 Å². The molecule has 0 saturated carbocycles. The maximum Gasteiger partial charge on any atom is 0.163 e. The topological polar surface area (TPSA) is 38.7 Å². The Kier molecular flexibility index (Phi) is 6.96. The number of aliphatic hydroxyl groups excluding tert-OH is 1. The summed E-state index contributed by atoms with van der Waals surface area (Å²) < 4.78 is 12.1. The first-order valence-electron chi connectivity index (χ1n) is 8.32. The Hall–Kier alpha value is -0.120. The molecule has 0 amide bonds. The lowest BCUT2D eigenvalue weighted by Gasteiger charge is -2.25. The molecule has 0 bridgehead atoms. The third kappa shape index (κ3) is 5.34. The summed E-state index contributed by atoms with van der Waals surface area (Å²) in [5.41, 5.74) is 0. The van der Waals surface area contributed by atoms with E-state index in [2.05, 4.69) is 20.8 Å². The van der Waals surface area contributed by atoms with Crippen molar-refractivity contribution in [3.8, 4) is 0 Å². The molecular weight excluding hydrogens is 252 g/mol. The lowest BCUT2D eigenvalue weighted by Crippen LogP contribution is -2.30. The van der Waals surface area contributed by atoms with Gasteiger partial charge in [-0.3, -0.25) is 0 Å². The second kappa shape index (κ2) is 7.77. The molecule has 1 aliphatic rings. The largest absolute Gasteiger partial charge is 0.393 e. The molecule has 0 aromatic heterocycles. The first-order valence-corrected chi connectivity index (χ1v) is 8.32. The van der Waals surface area contributed by atoms with E-state index in [-0.39, 0.29) is 18.3 Å². The van der Waals surface area contributed by atoms with Gasteiger partial charge in [-0.1, -0.05) is 40.5 Å². The Labute approximate surface area is 125 Å². The molecule has 1 N–H and O–H groups in total. The van der Waals surface area contributed by atoms with Crippen LogP contribution in [0.1, 0.15) is 73.6 Å².